The van der Waals surface area contributed by atoms with E-state index in [1.165, 1.54) is 0 Å². The first-order chi connectivity index (χ1) is 10.8. The van der Waals surface area contributed by atoms with E-state index in [0.29, 0.717) is 11.3 Å². The van der Waals surface area contributed by atoms with Gasteiger partial charge in [-0.1, -0.05) is 26.8 Å². The van der Waals surface area contributed by atoms with Crippen molar-refractivity contribution in [2.24, 2.45) is 5.41 Å². The number of rotatable bonds is 4. The molecule has 24 heavy (non-hydrogen) atoms. The molecular formula is C18H28N2O4. The van der Waals surface area contributed by atoms with E-state index in [1.807, 2.05) is 0 Å². The zero-order chi connectivity index (χ0) is 18.7. The van der Waals surface area contributed by atoms with Gasteiger partial charge in [0.2, 0.25) is 5.91 Å². The van der Waals surface area contributed by atoms with Crippen LogP contribution in [0.1, 0.15) is 65.3 Å². The monoisotopic (exact) mass is 336 g/mol. The number of aliphatic hydroxyl groups is 1. The lowest BCUT2D eigenvalue weighted by molar-refractivity contribution is -0.157. The van der Waals surface area contributed by atoms with Gasteiger partial charge in [-0.15, -0.1) is 0 Å². The Labute approximate surface area is 143 Å². The van der Waals surface area contributed by atoms with Crippen LogP contribution in [0.15, 0.2) is 12.1 Å². The van der Waals surface area contributed by atoms with Crippen LogP contribution in [0.2, 0.25) is 0 Å². The van der Waals surface area contributed by atoms with E-state index >= 15 is 0 Å². The Kier molecular flexibility index (Phi) is 6.11. The lowest BCUT2D eigenvalue weighted by Gasteiger charge is -2.22. The molecule has 6 heteroatoms. The predicted octanol–water partition coefficient (Wildman–Crippen LogP) is 3.14. The molecule has 1 atom stereocenters. The molecule has 0 aliphatic carbocycles. The molecule has 1 rings (SSSR count). The molecular weight excluding hydrogens is 308 g/mol. The van der Waals surface area contributed by atoms with Gasteiger partial charge in [-0.25, -0.2) is 4.98 Å². The minimum absolute atomic E-state index is 0.208. The van der Waals surface area contributed by atoms with Gasteiger partial charge in [-0.05, 0) is 33.8 Å². The standard InChI is InChI=1S/C18H28N2O4/c1-11-8-9-12(13(21)10-14(22)24-18(5,6)7)15(19-11)20-16(23)17(2,3)4/h8-9,13,21H,10H2,1-7H3,(H,19,20,23). The number of hydrogen-bond donors (Lipinski definition) is 2. The highest BCUT2D eigenvalue weighted by atomic mass is 16.6. The number of anilines is 1. The Balaban J connectivity index is 2.98. The average molecular weight is 336 g/mol. The minimum Gasteiger partial charge on any atom is -0.460 e. The minimum atomic E-state index is -1.11. The number of nitrogens with one attached hydrogen (secondary N) is 1. The van der Waals surface area contributed by atoms with Crippen LogP contribution in [0.5, 0.6) is 0 Å². The van der Waals surface area contributed by atoms with Gasteiger partial charge in [-0.3, -0.25) is 9.59 Å². The molecule has 1 heterocycles. The van der Waals surface area contributed by atoms with Gasteiger partial charge in [0.25, 0.3) is 0 Å². The van der Waals surface area contributed by atoms with Crippen molar-refractivity contribution in [3.63, 3.8) is 0 Å². The van der Waals surface area contributed by atoms with E-state index in [2.05, 4.69) is 10.3 Å². The number of aryl methyl sites for hydroxylation is 1. The van der Waals surface area contributed by atoms with Gasteiger partial charge in [0.1, 0.15) is 11.4 Å². The van der Waals surface area contributed by atoms with Gasteiger partial charge < -0.3 is 15.2 Å². The molecule has 1 unspecified atom stereocenters. The maximum Gasteiger partial charge on any atom is 0.309 e. The number of pyridine rings is 1. The summed E-state index contributed by atoms with van der Waals surface area (Å²) in [6.07, 6.45) is -1.32. The van der Waals surface area contributed by atoms with Crippen molar-refractivity contribution in [2.75, 3.05) is 5.32 Å². The van der Waals surface area contributed by atoms with E-state index in [9.17, 15) is 14.7 Å². The van der Waals surface area contributed by atoms with E-state index in [4.69, 9.17) is 4.74 Å². The highest BCUT2D eigenvalue weighted by Crippen LogP contribution is 2.27. The zero-order valence-electron chi connectivity index (χ0n) is 15.6. The molecule has 0 spiro atoms. The maximum atomic E-state index is 12.2. The highest BCUT2D eigenvalue weighted by Gasteiger charge is 2.26. The average Bonchev–Trinajstić information content (AvgIpc) is 2.34. The fraction of sp³-hybridized carbons (Fsp3) is 0.611. The first-order valence-corrected chi connectivity index (χ1v) is 7.98. The molecule has 0 radical (unpaired) electrons. The Morgan fingerprint density at radius 1 is 1.21 bits per heavy atom. The summed E-state index contributed by atoms with van der Waals surface area (Å²) in [5.74, 6) is -0.457. The third-order valence-corrected chi connectivity index (χ3v) is 3.12. The Morgan fingerprint density at radius 3 is 2.29 bits per heavy atom. The maximum absolute atomic E-state index is 12.2. The molecule has 0 aromatic carbocycles. The van der Waals surface area contributed by atoms with Crippen molar-refractivity contribution >= 4 is 17.7 Å². The number of aromatic nitrogens is 1. The van der Waals surface area contributed by atoms with Gasteiger partial charge in [0, 0.05) is 16.7 Å². The van der Waals surface area contributed by atoms with E-state index in [-0.39, 0.29) is 18.1 Å². The molecule has 0 fully saturated rings. The fourth-order valence-electron chi connectivity index (χ4n) is 1.88. The molecule has 0 aliphatic rings. The van der Waals surface area contributed by atoms with Crippen LogP contribution in [0.25, 0.3) is 0 Å². The largest absolute Gasteiger partial charge is 0.460 e. The SMILES string of the molecule is Cc1ccc(C(O)CC(=O)OC(C)(C)C)c(NC(=O)C(C)(C)C)n1. The molecule has 0 saturated heterocycles. The van der Waals surface area contributed by atoms with Crippen molar-refractivity contribution in [1.29, 1.82) is 0 Å². The summed E-state index contributed by atoms with van der Waals surface area (Å²) in [5.41, 5.74) is -0.124. The van der Waals surface area contributed by atoms with Crippen molar-refractivity contribution < 1.29 is 19.4 Å². The second-order valence-electron chi connectivity index (χ2n) is 7.90. The number of ether oxygens (including phenoxy) is 1. The van der Waals surface area contributed by atoms with Crippen molar-refractivity contribution in [3.05, 3.63) is 23.4 Å². The molecule has 134 valence electrons. The van der Waals surface area contributed by atoms with Crippen molar-refractivity contribution in [2.45, 2.75) is 66.6 Å². The number of hydrogen-bond acceptors (Lipinski definition) is 5. The van der Waals surface area contributed by atoms with Gasteiger partial charge >= 0.3 is 5.97 Å². The lowest BCUT2D eigenvalue weighted by atomic mass is 9.95. The third kappa shape index (κ3) is 6.28. The fourth-order valence-corrected chi connectivity index (χ4v) is 1.88. The number of amides is 1. The smallest absolute Gasteiger partial charge is 0.309 e. The predicted molar refractivity (Wildman–Crippen MR) is 92.5 cm³/mol. The Morgan fingerprint density at radius 2 is 1.79 bits per heavy atom. The second kappa shape index (κ2) is 7.30. The van der Waals surface area contributed by atoms with E-state index < -0.39 is 23.1 Å². The summed E-state index contributed by atoms with van der Waals surface area (Å²) >= 11 is 0. The summed E-state index contributed by atoms with van der Waals surface area (Å²) in [7, 11) is 0. The van der Waals surface area contributed by atoms with Crippen LogP contribution in [0.3, 0.4) is 0 Å². The Hall–Kier alpha value is -1.95. The topological polar surface area (TPSA) is 88.5 Å². The summed E-state index contributed by atoms with van der Waals surface area (Å²) in [6.45, 7) is 12.4. The van der Waals surface area contributed by atoms with Crippen LogP contribution < -0.4 is 5.32 Å². The molecule has 1 aromatic heterocycles. The molecule has 1 amide bonds. The first kappa shape index (κ1) is 20.1. The summed E-state index contributed by atoms with van der Waals surface area (Å²) < 4.78 is 5.22. The van der Waals surface area contributed by atoms with Crippen LogP contribution in [0.4, 0.5) is 5.82 Å². The lowest BCUT2D eigenvalue weighted by Crippen LogP contribution is -2.29. The zero-order valence-corrected chi connectivity index (χ0v) is 15.6. The molecule has 0 aliphatic heterocycles. The summed E-state index contributed by atoms with van der Waals surface area (Å²) in [5, 5.41) is 13.1. The number of carbonyl (C=O) groups excluding carboxylic acids is 2. The first-order valence-electron chi connectivity index (χ1n) is 7.98. The van der Waals surface area contributed by atoms with E-state index in [1.54, 1.807) is 60.6 Å². The van der Waals surface area contributed by atoms with Crippen molar-refractivity contribution in [3.8, 4) is 0 Å². The van der Waals surface area contributed by atoms with Crippen LogP contribution in [-0.2, 0) is 14.3 Å². The van der Waals surface area contributed by atoms with E-state index in [0.717, 1.165) is 0 Å². The van der Waals surface area contributed by atoms with Crippen LogP contribution in [0, 0.1) is 12.3 Å². The highest BCUT2D eigenvalue weighted by molar-refractivity contribution is 5.94. The van der Waals surface area contributed by atoms with Crippen LogP contribution >= 0.6 is 0 Å². The normalized spacial score (nSPS) is 13.3. The van der Waals surface area contributed by atoms with Crippen molar-refractivity contribution in [1.82, 2.24) is 4.98 Å². The van der Waals surface area contributed by atoms with Gasteiger partial charge in [-0.2, -0.15) is 0 Å². The summed E-state index contributed by atoms with van der Waals surface area (Å²) in [4.78, 5) is 28.4. The number of carbonyl (C=O) groups is 2. The molecule has 1 aromatic rings. The quantitative estimate of drug-likeness (QED) is 0.825. The third-order valence-electron chi connectivity index (χ3n) is 3.12. The number of nitrogens with zero attached hydrogens (tertiary/aromatic N) is 1. The molecule has 2 N–H and O–H groups in total. The van der Waals surface area contributed by atoms with Gasteiger partial charge in [0.05, 0.1) is 12.5 Å². The van der Waals surface area contributed by atoms with Crippen LogP contribution in [-0.4, -0.2) is 27.6 Å². The number of esters is 1. The Bertz CT molecular complexity index is 612. The van der Waals surface area contributed by atoms with Gasteiger partial charge in [0.15, 0.2) is 0 Å². The molecule has 6 nitrogen and oxygen atoms in total. The second-order valence-corrected chi connectivity index (χ2v) is 7.90. The summed E-state index contributed by atoms with van der Waals surface area (Å²) in [6, 6.07) is 3.38. The molecule has 0 saturated carbocycles. The molecule has 0 bridgehead atoms. The number of aliphatic hydroxyl groups excluding tert-OH is 1.